The predicted molar refractivity (Wildman–Crippen MR) is 177 cm³/mol. The van der Waals surface area contributed by atoms with Gasteiger partial charge in [-0.2, -0.15) is 4.98 Å². The summed E-state index contributed by atoms with van der Waals surface area (Å²) in [6, 6.07) is 31.6. The fraction of sp³-hybridized carbons (Fsp3) is 0.194. The molecule has 5 aromatic rings. The summed E-state index contributed by atoms with van der Waals surface area (Å²) < 4.78 is 8.00. The van der Waals surface area contributed by atoms with Gasteiger partial charge >= 0.3 is 0 Å². The number of aryl methyl sites for hydroxylation is 3. The van der Waals surface area contributed by atoms with Crippen LogP contribution in [0.5, 0.6) is 5.75 Å². The first-order valence-electron chi connectivity index (χ1n) is 14.6. The molecule has 4 aromatic carbocycles. The molecule has 1 aliphatic rings. The normalized spacial score (nSPS) is 14.1. The lowest BCUT2D eigenvalue weighted by molar-refractivity contribution is -0.113. The molecule has 1 amide bonds. The highest BCUT2D eigenvalue weighted by molar-refractivity contribution is 7.98. The molecule has 8 heteroatoms. The molecule has 0 saturated carbocycles. The number of ether oxygens (including phenoxy) is 1. The van der Waals surface area contributed by atoms with Crippen molar-refractivity contribution < 1.29 is 9.53 Å². The van der Waals surface area contributed by atoms with Crippen molar-refractivity contribution in [1.82, 2.24) is 14.8 Å². The van der Waals surface area contributed by atoms with Crippen molar-refractivity contribution in [3.05, 3.63) is 142 Å². The van der Waals surface area contributed by atoms with Gasteiger partial charge in [0.25, 0.3) is 5.91 Å². The molecule has 1 aromatic heterocycles. The molecule has 0 spiro atoms. The number of hydrogen-bond donors (Lipinski definition) is 2. The molecule has 1 unspecified atom stereocenters. The zero-order valence-corrected chi connectivity index (χ0v) is 26.1. The second kappa shape index (κ2) is 12.8. The second-order valence-corrected chi connectivity index (χ2v) is 12.0. The minimum Gasteiger partial charge on any atom is -0.489 e. The van der Waals surface area contributed by atoms with Gasteiger partial charge in [-0.05, 0) is 85.3 Å². The Kier molecular flexibility index (Phi) is 8.52. The summed E-state index contributed by atoms with van der Waals surface area (Å²) in [4.78, 5) is 18.6. The smallest absolute Gasteiger partial charge is 0.255 e. The SMILES string of the molecule is CC1=C(C(=O)Nc2ccccc2)C(c2ccc(OCc3cc(C)c(C)cc3C)cc2)n2nc(SCc3ccccc3)nc2N1. The predicted octanol–water partition coefficient (Wildman–Crippen LogP) is 8.00. The standard InChI is InChI=1S/C36H35N5O2S/c1-23-19-25(3)29(20-24(23)2)21-43-31-17-15-28(16-18-31)33-32(34(42)38-30-13-9-6-10-14-30)26(4)37-35-39-36(40-41(33)35)44-22-27-11-7-5-8-12-27/h5-20,33H,21-22H2,1-4H3,(H,38,42)(H,37,39,40). The fourth-order valence-electron chi connectivity index (χ4n) is 5.32. The highest BCUT2D eigenvalue weighted by Crippen LogP contribution is 2.37. The van der Waals surface area contributed by atoms with E-state index in [0.29, 0.717) is 23.3 Å². The van der Waals surface area contributed by atoms with E-state index in [4.69, 9.17) is 14.8 Å². The summed E-state index contributed by atoms with van der Waals surface area (Å²) in [7, 11) is 0. The molecule has 0 saturated heterocycles. The van der Waals surface area contributed by atoms with Crippen molar-refractivity contribution in [2.24, 2.45) is 0 Å². The van der Waals surface area contributed by atoms with Crippen LogP contribution >= 0.6 is 11.8 Å². The number of amides is 1. The minimum absolute atomic E-state index is 0.198. The Balaban J connectivity index is 1.29. The number of carbonyl (C=O) groups excluding carboxylic acids is 1. The van der Waals surface area contributed by atoms with Gasteiger partial charge in [-0.15, -0.1) is 5.10 Å². The number of allylic oxidation sites excluding steroid dienone is 1. The fourth-order valence-corrected chi connectivity index (χ4v) is 6.11. The van der Waals surface area contributed by atoms with Crippen LogP contribution in [0.1, 0.15) is 46.3 Å². The Morgan fingerprint density at radius 2 is 1.57 bits per heavy atom. The molecule has 0 radical (unpaired) electrons. The van der Waals surface area contributed by atoms with Crippen LogP contribution in [0.4, 0.5) is 11.6 Å². The van der Waals surface area contributed by atoms with Crippen molar-refractivity contribution >= 4 is 29.3 Å². The number of nitrogens with one attached hydrogen (secondary N) is 2. The third kappa shape index (κ3) is 6.40. The average molecular weight is 602 g/mol. The van der Waals surface area contributed by atoms with Gasteiger partial charge in [0.1, 0.15) is 18.4 Å². The van der Waals surface area contributed by atoms with Gasteiger partial charge in [-0.3, -0.25) is 4.79 Å². The van der Waals surface area contributed by atoms with Crippen LogP contribution in [0.3, 0.4) is 0 Å². The summed E-state index contributed by atoms with van der Waals surface area (Å²) in [5.41, 5.74) is 9.05. The highest BCUT2D eigenvalue weighted by Gasteiger charge is 2.34. The number of para-hydroxylation sites is 1. The first-order valence-corrected chi connectivity index (χ1v) is 15.6. The molecule has 44 heavy (non-hydrogen) atoms. The van der Waals surface area contributed by atoms with Crippen molar-refractivity contribution in [3.63, 3.8) is 0 Å². The third-order valence-electron chi connectivity index (χ3n) is 7.86. The van der Waals surface area contributed by atoms with Crippen molar-refractivity contribution in [2.45, 2.75) is 51.3 Å². The number of benzene rings is 4. The highest BCUT2D eigenvalue weighted by atomic mass is 32.2. The van der Waals surface area contributed by atoms with E-state index >= 15 is 0 Å². The monoisotopic (exact) mass is 601 g/mol. The lowest BCUT2D eigenvalue weighted by Gasteiger charge is -2.28. The maximum atomic E-state index is 13.8. The molecule has 7 nitrogen and oxygen atoms in total. The number of anilines is 2. The van der Waals surface area contributed by atoms with Crippen molar-refractivity contribution in [2.75, 3.05) is 10.6 Å². The van der Waals surface area contributed by atoms with Crippen molar-refractivity contribution in [3.8, 4) is 5.75 Å². The molecule has 222 valence electrons. The van der Waals surface area contributed by atoms with Crippen LogP contribution in [0.2, 0.25) is 0 Å². The lowest BCUT2D eigenvalue weighted by Crippen LogP contribution is -2.31. The zero-order chi connectivity index (χ0) is 30.6. The molecule has 1 atom stereocenters. The van der Waals surface area contributed by atoms with Crippen LogP contribution in [0, 0.1) is 20.8 Å². The minimum atomic E-state index is -0.482. The Morgan fingerprint density at radius 3 is 2.30 bits per heavy atom. The number of rotatable bonds is 9. The van der Waals surface area contributed by atoms with E-state index in [1.54, 1.807) is 11.8 Å². The molecule has 0 bridgehead atoms. The van der Waals surface area contributed by atoms with E-state index in [9.17, 15) is 4.79 Å². The molecule has 2 heterocycles. The second-order valence-electron chi connectivity index (χ2n) is 11.0. The number of aromatic nitrogens is 3. The number of thioether (sulfide) groups is 1. The maximum Gasteiger partial charge on any atom is 0.255 e. The van der Waals surface area contributed by atoms with Gasteiger partial charge in [0.2, 0.25) is 11.1 Å². The molecular formula is C36H35N5O2S. The van der Waals surface area contributed by atoms with E-state index in [-0.39, 0.29) is 5.91 Å². The summed E-state index contributed by atoms with van der Waals surface area (Å²) in [5.74, 6) is 1.91. The van der Waals surface area contributed by atoms with Crippen LogP contribution in [0.15, 0.2) is 113 Å². The number of carbonyl (C=O) groups is 1. The van der Waals surface area contributed by atoms with E-state index in [2.05, 4.69) is 55.7 Å². The summed E-state index contributed by atoms with van der Waals surface area (Å²) in [6.07, 6.45) is 0. The number of hydrogen-bond acceptors (Lipinski definition) is 6. The summed E-state index contributed by atoms with van der Waals surface area (Å²) in [6.45, 7) is 8.76. The van der Waals surface area contributed by atoms with Crippen LogP contribution in [-0.4, -0.2) is 20.7 Å². The summed E-state index contributed by atoms with van der Waals surface area (Å²) >= 11 is 1.57. The Hall–Kier alpha value is -4.82. The largest absolute Gasteiger partial charge is 0.489 e. The maximum absolute atomic E-state index is 13.8. The Labute approximate surface area is 262 Å². The van der Waals surface area contributed by atoms with Gasteiger partial charge in [0.05, 0.1) is 5.57 Å². The quantitative estimate of drug-likeness (QED) is 0.167. The van der Waals surface area contributed by atoms with Gasteiger partial charge in [0, 0.05) is 17.1 Å². The first-order chi connectivity index (χ1) is 21.4. The molecule has 0 aliphatic carbocycles. The van der Waals surface area contributed by atoms with Gasteiger partial charge in [-0.1, -0.05) is 84.6 Å². The molecular weight excluding hydrogens is 566 g/mol. The van der Waals surface area contributed by atoms with Crippen LogP contribution in [0.25, 0.3) is 0 Å². The van der Waals surface area contributed by atoms with E-state index in [0.717, 1.165) is 28.5 Å². The van der Waals surface area contributed by atoms with E-state index < -0.39 is 6.04 Å². The number of fused-ring (bicyclic) bond motifs is 1. The van der Waals surface area contributed by atoms with Crippen molar-refractivity contribution in [1.29, 1.82) is 0 Å². The molecule has 2 N–H and O–H groups in total. The zero-order valence-electron chi connectivity index (χ0n) is 25.3. The van der Waals surface area contributed by atoms with Crippen LogP contribution < -0.4 is 15.4 Å². The van der Waals surface area contributed by atoms with E-state index in [1.165, 1.54) is 27.8 Å². The van der Waals surface area contributed by atoms with Crippen LogP contribution in [-0.2, 0) is 17.2 Å². The van der Waals surface area contributed by atoms with Gasteiger partial charge in [-0.25, -0.2) is 4.68 Å². The first kappa shape index (κ1) is 29.3. The third-order valence-corrected chi connectivity index (χ3v) is 8.77. The van der Waals surface area contributed by atoms with E-state index in [1.807, 2.05) is 84.4 Å². The number of nitrogens with zero attached hydrogens (tertiary/aromatic N) is 3. The topological polar surface area (TPSA) is 81.1 Å². The average Bonchev–Trinajstić information content (AvgIpc) is 3.44. The van der Waals surface area contributed by atoms with Gasteiger partial charge < -0.3 is 15.4 Å². The molecule has 6 rings (SSSR count). The Morgan fingerprint density at radius 1 is 0.886 bits per heavy atom. The molecule has 0 fully saturated rings. The molecule has 1 aliphatic heterocycles. The Bertz CT molecular complexity index is 1820. The lowest BCUT2D eigenvalue weighted by atomic mass is 9.95. The van der Waals surface area contributed by atoms with Gasteiger partial charge in [0.15, 0.2) is 0 Å². The summed E-state index contributed by atoms with van der Waals surface area (Å²) in [5, 5.41) is 11.9.